The van der Waals surface area contributed by atoms with Crippen molar-refractivity contribution in [3.05, 3.63) is 0 Å². The normalized spacial score (nSPS) is 22.7. The lowest BCUT2D eigenvalue weighted by molar-refractivity contribution is 0.238. The van der Waals surface area contributed by atoms with Crippen LogP contribution in [0.2, 0.25) is 0 Å². The van der Waals surface area contributed by atoms with E-state index in [4.69, 9.17) is 5.73 Å². The van der Waals surface area contributed by atoms with Crippen LogP contribution in [0.1, 0.15) is 51.9 Å². The molecule has 0 bridgehead atoms. The maximum Gasteiger partial charge on any atom is 0.00483 e. The topological polar surface area (TPSA) is 29.3 Å². The summed E-state index contributed by atoms with van der Waals surface area (Å²) in [5, 5.41) is 0. The highest BCUT2D eigenvalue weighted by Gasteiger charge is 2.08. The molecule has 0 aromatic rings. The van der Waals surface area contributed by atoms with E-state index in [0.717, 1.165) is 6.42 Å². The molecule has 0 aromatic carbocycles. The molecule has 2 nitrogen and oxygen atoms in total. The highest BCUT2D eigenvalue weighted by Crippen LogP contribution is 2.11. The highest BCUT2D eigenvalue weighted by molar-refractivity contribution is 4.66. The van der Waals surface area contributed by atoms with Gasteiger partial charge in [-0.25, -0.2) is 0 Å². The van der Waals surface area contributed by atoms with E-state index in [9.17, 15) is 0 Å². The Morgan fingerprint density at radius 3 is 2.21 bits per heavy atom. The maximum absolute atomic E-state index is 5.93. The largest absolute Gasteiger partial charge is 0.328 e. The standard InChI is InChI=1S/C12H26N2/c1-2-12(13)8-11-14-9-6-4-3-5-7-10-14/h12H,2-11,13H2,1H3. The van der Waals surface area contributed by atoms with Gasteiger partial charge in [0.2, 0.25) is 0 Å². The summed E-state index contributed by atoms with van der Waals surface area (Å²) in [6.07, 6.45) is 9.38. The Balaban J connectivity index is 2.13. The molecule has 0 radical (unpaired) electrons. The lowest BCUT2D eigenvalue weighted by Crippen LogP contribution is -2.32. The Labute approximate surface area is 88.8 Å². The molecule has 0 aromatic heterocycles. The van der Waals surface area contributed by atoms with Crippen molar-refractivity contribution in [2.45, 2.75) is 57.9 Å². The Morgan fingerprint density at radius 2 is 1.64 bits per heavy atom. The molecule has 1 fully saturated rings. The lowest BCUT2D eigenvalue weighted by atomic mass is 10.1. The molecule has 84 valence electrons. The second kappa shape index (κ2) is 7.24. The SMILES string of the molecule is CCC(N)CCN1CCCCCCC1. The maximum atomic E-state index is 5.93. The number of hydrogen-bond acceptors (Lipinski definition) is 2. The third-order valence-corrected chi connectivity index (χ3v) is 3.29. The van der Waals surface area contributed by atoms with E-state index in [1.54, 1.807) is 0 Å². The van der Waals surface area contributed by atoms with Gasteiger partial charge in [-0.1, -0.05) is 26.2 Å². The molecule has 1 atom stereocenters. The van der Waals surface area contributed by atoms with Gasteiger partial charge in [-0.3, -0.25) is 0 Å². The minimum atomic E-state index is 0.417. The number of nitrogens with zero attached hydrogens (tertiary/aromatic N) is 1. The van der Waals surface area contributed by atoms with Crippen LogP contribution >= 0.6 is 0 Å². The van der Waals surface area contributed by atoms with Gasteiger partial charge < -0.3 is 10.6 Å². The summed E-state index contributed by atoms with van der Waals surface area (Å²) in [4.78, 5) is 2.61. The summed E-state index contributed by atoms with van der Waals surface area (Å²) < 4.78 is 0. The molecule has 0 saturated carbocycles. The Hall–Kier alpha value is -0.0800. The number of hydrogen-bond donors (Lipinski definition) is 1. The lowest BCUT2D eigenvalue weighted by Gasteiger charge is -2.25. The van der Waals surface area contributed by atoms with Crippen LogP contribution in [0.5, 0.6) is 0 Å². The summed E-state index contributed by atoms with van der Waals surface area (Å²) in [6, 6.07) is 0.417. The van der Waals surface area contributed by atoms with E-state index < -0.39 is 0 Å². The predicted octanol–water partition coefficient (Wildman–Crippen LogP) is 2.38. The fraction of sp³-hybridized carbons (Fsp3) is 1.00. The van der Waals surface area contributed by atoms with Crippen molar-refractivity contribution in [1.82, 2.24) is 4.90 Å². The summed E-state index contributed by atoms with van der Waals surface area (Å²) in [5.74, 6) is 0. The fourth-order valence-corrected chi connectivity index (χ4v) is 2.09. The molecule has 0 amide bonds. The van der Waals surface area contributed by atoms with Gasteiger partial charge >= 0.3 is 0 Å². The highest BCUT2D eigenvalue weighted by atomic mass is 15.1. The molecule has 1 rings (SSSR count). The number of nitrogens with two attached hydrogens (primary N) is 1. The van der Waals surface area contributed by atoms with Gasteiger partial charge in [-0.2, -0.15) is 0 Å². The van der Waals surface area contributed by atoms with Gasteiger partial charge in [0.15, 0.2) is 0 Å². The molecule has 1 aliphatic heterocycles. The van der Waals surface area contributed by atoms with Crippen LogP contribution in [-0.2, 0) is 0 Å². The number of likely N-dealkylation sites (tertiary alicyclic amines) is 1. The van der Waals surface area contributed by atoms with Crippen molar-refractivity contribution >= 4 is 0 Å². The van der Waals surface area contributed by atoms with Crippen molar-refractivity contribution < 1.29 is 0 Å². The number of rotatable bonds is 4. The third-order valence-electron chi connectivity index (χ3n) is 3.29. The summed E-state index contributed by atoms with van der Waals surface area (Å²) >= 11 is 0. The van der Waals surface area contributed by atoms with E-state index in [-0.39, 0.29) is 0 Å². The van der Waals surface area contributed by atoms with Gasteiger partial charge in [0, 0.05) is 6.04 Å². The van der Waals surface area contributed by atoms with Crippen LogP contribution < -0.4 is 5.73 Å². The van der Waals surface area contributed by atoms with Crippen molar-refractivity contribution in [2.75, 3.05) is 19.6 Å². The summed E-state index contributed by atoms with van der Waals surface area (Å²) in [7, 11) is 0. The fourth-order valence-electron chi connectivity index (χ4n) is 2.09. The molecule has 1 saturated heterocycles. The van der Waals surface area contributed by atoms with Crippen LogP contribution in [0.25, 0.3) is 0 Å². The minimum absolute atomic E-state index is 0.417. The molecule has 14 heavy (non-hydrogen) atoms. The summed E-state index contributed by atoms with van der Waals surface area (Å²) in [6.45, 7) is 6.00. The molecule has 1 aliphatic rings. The van der Waals surface area contributed by atoms with E-state index in [2.05, 4.69) is 11.8 Å². The van der Waals surface area contributed by atoms with E-state index in [1.807, 2.05) is 0 Å². The van der Waals surface area contributed by atoms with Gasteiger partial charge in [0.05, 0.1) is 0 Å². The van der Waals surface area contributed by atoms with Crippen LogP contribution in [0.3, 0.4) is 0 Å². The molecular formula is C12H26N2. The molecule has 1 heterocycles. The smallest absolute Gasteiger partial charge is 0.00483 e. The zero-order valence-corrected chi connectivity index (χ0v) is 9.67. The van der Waals surface area contributed by atoms with Gasteiger partial charge in [-0.15, -0.1) is 0 Å². The molecule has 2 heteroatoms. The average molecular weight is 198 g/mol. The van der Waals surface area contributed by atoms with Gasteiger partial charge in [0.1, 0.15) is 0 Å². The summed E-state index contributed by atoms with van der Waals surface area (Å²) in [5.41, 5.74) is 5.93. The van der Waals surface area contributed by atoms with Crippen molar-refractivity contribution in [1.29, 1.82) is 0 Å². The first-order valence-electron chi connectivity index (χ1n) is 6.31. The van der Waals surface area contributed by atoms with E-state index >= 15 is 0 Å². The third kappa shape index (κ3) is 4.97. The van der Waals surface area contributed by atoms with Crippen molar-refractivity contribution in [3.63, 3.8) is 0 Å². The predicted molar refractivity (Wildman–Crippen MR) is 62.4 cm³/mol. The zero-order valence-electron chi connectivity index (χ0n) is 9.67. The van der Waals surface area contributed by atoms with Crippen LogP contribution in [-0.4, -0.2) is 30.6 Å². The van der Waals surface area contributed by atoms with Crippen LogP contribution in [0, 0.1) is 0 Å². The quantitative estimate of drug-likeness (QED) is 0.751. The first-order chi connectivity index (χ1) is 6.83. The van der Waals surface area contributed by atoms with Crippen LogP contribution in [0.15, 0.2) is 0 Å². The van der Waals surface area contributed by atoms with Crippen molar-refractivity contribution in [3.8, 4) is 0 Å². The molecule has 1 unspecified atom stereocenters. The minimum Gasteiger partial charge on any atom is -0.328 e. The van der Waals surface area contributed by atoms with Crippen molar-refractivity contribution in [2.24, 2.45) is 5.73 Å². The Kier molecular flexibility index (Phi) is 6.20. The Morgan fingerprint density at radius 1 is 1.07 bits per heavy atom. The molecule has 0 spiro atoms. The monoisotopic (exact) mass is 198 g/mol. The first kappa shape index (κ1) is 12.0. The average Bonchev–Trinajstić information content (AvgIpc) is 2.15. The van der Waals surface area contributed by atoms with E-state index in [0.29, 0.717) is 6.04 Å². The van der Waals surface area contributed by atoms with Gasteiger partial charge in [-0.05, 0) is 45.3 Å². The second-order valence-corrected chi connectivity index (χ2v) is 4.57. The molecule has 2 N–H and O–H groups in total. The van der Waals surface area contributed by atoms with Crippen LogP contribution in [0.4, 0.5) is 0 Å². The second-order valence-electron chi connectivity index (χ2n) is 4.57. The first-order valence-corrected chi connectivity index (χ1v) is 6.31. The van der Waals surface area contributed by atoms with E-state index in [1.165, 1.54) is 58.2 Å². The molecule has 0 aliphatic carbocycles. The molecular weight excluding hydrogens is 172 g/mol. The van der Waals surface area contributed by atoms with Gasteiger partial charge in [0.25, 0.3) is 0 Å². The zero-order chi connectivity index (χ0) is 10.2. The Bertz CT molecular complexity index is 128.